The number of benzene rings is 2. The lowest BCUT2D eigenvalue weighted by Gasteiger charge is -1.95. The number of carbonyl (C=O) groups is 1. The van der Waals surface area contributed by atoms with E-state index in [1.807, 2.05) is 48.7 Å². The molecule has 7 heteroatoms. The molecular formula is C18H13N3O2S2. The standard InChI is InChI=1S/C18H13N3O2S2/c1-24-12-7-8-13-16(9-12)25-18(19-13)20-17(22)14-10-15(23-21-14)11-5-3-2-4-6-11/h2-10H,1H3,(H,19,20,22). The van der Waals surface area contributed by atoms with Gasteiger partial charge in [0.05, 0.1) is 10.2 Å². The molecule has 0 unspecified atom stereocenters. The molecule has 25 heavy (non-hydrogen) atoms. The van der Waals surface area contributed by atoms with Gasteiger partial charge in [0, 0.05) is 16.5 Å². The van der Waals surface area contributed by atoms with E-state index in [0.717, 1.165) is 20.7 Å². The summed E-state index contributed by atoms with van der Waals surface area (Å²) in [5.74, 6) is 0.217. The number of thiazole rings is 1. The van der Waals surface area contributed by atoms with Crippen molar-refractivity contribution in [3.63, 3.8) is 0 Å². The summed E-state index contributed by atoms with van der Waals surface area (Å²) in [4.78, 5) is 18.0. The number of nitrogens with zero attached hydrogens (tertiary/aromatic N) is 2. The van der Waals surface area contributed by atoms with Crippen molar-refractivity contribution in [2.45, 2.75) is 4.90 Å². The molecule has 0 saturated heterocycles. The van der Waals surface area contributed by atoms with Crippen molar-refractivity contribution in [1.82, 2.24) is 10.1 Å². The molecule has 5 nitrogen and oxygen atoms in total. The number of aromatic nitrogens is 2. The second-order valence-electron chi connectivity index (χ2n) is 5.25. The van der Waals surface area contributed by atoms with Crippen molar-refractivity contribution in [1.29, 1.82) is 0 Å². The molecule has 0 fully saturated rings. The van der Waals surface area contributed by atoms with Crippen LogP contribution in [0.25, 0.3) is 21.5 Å². The number of fused-ring (bicyclic) bond motifs is 1. The van der Waals surface area contributed by atoms with Crippen LogP contribution in [-0.4, -0.2) is 22.3 Å². The van der Waals surface area contributed by atoms with Gasteiger partial charge in [0.2, 0.25) is 0 Å². The van der Waals surface area contributed by atoms with Crippen molar-refractivity contribution in [3.05, 3.63) is 60.3 Å². The van der Waals surface area contributed by atoms with Crippen LogP contribution in [0, 0.1) is 0 Å². The van der Waals surface area contributed by atoms with E-state index in [4.69, 9.17) is 4.52 Å². The van der Waals surface area contributed by atoms with Crippen LogP contribution in [0.15, 0.2) is 64.0 Å². The Morgan fingerprint density at radius 1 is 1.16 bits per heavy atom. The molecule has 0 spiro atoms. The van der Waals surface area contributed by atoms with Gasteiger partial charge >= 0.3 is 0 Å². The predicted molar refractivity (Wildman–Crippen MR) is 101 cm³/mol. The topological polar surface area (TPSA) is 68.0 Å². The van der Waals surface area contributed by atoms with Gasteiger partial charge in [-0.15, -0.1) is 11.8 Å². The van der Waals surface area contributed by atoms with Gasteiger partial charge in [-0.2, -0.15) is 0 Å². The highest BCUT2D eigenvalue weighted by atomic mass is 32.2. The minimum Gasteiger partial charge on any atom is -0.355 e. The molecule has 2 aromatic carbocycles. The highest BCUT2D eigenvalue weighted by molar-refractivity contribution is 7.98. The number of amides is 1. The van der Waals surface area contributed by atoms with Gasteiger partial charge in [-0.1, -0.05) is 46.8 Å². The molecule has 0 aliphatic rings. The van der Waals surface area contributed by atoms with Crippen molar-refractivity contribution in [2.24, 2.45) is 0 Å². The Hall–Kier alpha value is -2.64. The van der Waals surface area contributed by atoms with E-state index in [1.165, 1.54) is 11.3 Å². The lowest BCUT2D eigenvalue weighted by atomic mass is 10.1. The summed E-state index contributed by atoms with van der Waals surface area (Å²) in [5, 5.41) is 7.19. The second-order valence-corrected chi connectivity index (χ2v) is 7.16. The third kappa shape index (κ3) is 3.29. The molecule has 2 aromatic heterocycles. The maximum Gasteiger partial charge on any atom is 0.279 e. The molecule has 4 aromatic rings. The van der Waals surface area contributed by atoms with Crippen LogP contribution in [0.1, 0.15) is 10.5 Å². The van der Waals surface area contributed by atoms with E-state index in [0.29, 0.717) is 10.9 Å². The molecule has 0 radical (unpaired) electrons. The summed E-state index contributed by atoms with van der Waals surface area (Å²) in [7, 11) is 0. The fraction of sp³-hybridized carbons (Fsp3) is 0.0556. The number of rotatable bonds is 4. The Morgan fingerprint density at radius 3 is 2.80 bits per heavy atom. The summed E-state index contributed by atoms with van der Waals surface area (Å²) in [6.07, 6.45) is 2.03. The van der Waals surface area contributed by atoms with Gasteiger partial charge < -0.3 is 4.52 Å². The minimum absolute atomic E-state index is 0.225. The third-order valence-electron chi connectivity index (χ3n) is 3.62. The molecule has 124 valence electrons. The van der Waals surface area contributed by atoms with Crippen molar-refractivity contribution < 1.29 is 9.32 Å². The van der Waals surface area contributed by atoms with E-state index in [-0.39, 0.29) is 11.6 Å². The number of nitrogens with one attached hydrogen (secondary N) is 1. The van der Waals surface area contributed by atoms with Crippen molar-refractivity contribution in [2.75, 3.05) is 11.6 Å². The van der Waals surface area contributed by atoms with Crippen molar-refractivity contribution in [3.8, 4) is 11.3 Å². The first-order chi connectivity index (χ1) is 12.2. The van der Waals surface area contributed by atoms with Gasteiger partial charge in [0.1, 0.15) is 0 Å². The van der Waals surface area contributed by atoms with E-state index < -0.39 is 0 Å². The predicted octanol–water partition coefficient (Wildman–Crippen LogP) is 4.93. The number of hydrogen-bond donors (Lipinski definition) is 1. The van der Waals surface area contributed by atoms with Gasteiger partial charge in [0.25, 0.3) is 5.91 Å². The van der Waals surface area contributed by atoms with E-state index in [9.17, 15) is 4.79 Å². The molecule has 1 N–H and O–H groups in total. The molecule has 1 amide bonds. The molecule has 0 atom stereocenters. The highest BCUT2D eigenvalue weighted by Crippen LogP contribution is 2.29. The minimum atomic E-state index is -0.338. The molecule has 0 saturated carbocycles. The Bertz CT molecular complexity index is 1040. The van der Waals surface area contributed by atoms with E-state index in [1.54, 1.807) is 17.8 Å². The summed E-state index contributed by atoms with van der Waals surface area (Å²) in [6.45, 7) is 0. The first-order valence-corrected chi connectivity index (χ1v) is 9.55. The fourth-order valence-electron chi connectivity index (χ4n) is 2.37. The average Bonchev–Trinajstić information content (AvgIpc) is 3.28. The van der Waals surface area contributed by atoms with Gasteiger partial charge in [-0.05, 0) is 24.5 Å². The largest absolute Gasteiger partial charge is 0.355 e. The van der Waals surface area contributed by atoms with Crippen LogP contribution >= 0.6 is 23.1 Å². The van der Waals surface area contributed by atoms with E-state index in [2.05, 4.69) is 21.5 Å². The maximum atomic E-state index is 12.4. The molecular weight excluding hydrogens is 354 g/mol. The monoisotopic (exact) mass is 367 g/mol. The SMILES string of the molecule is CSc1ccc2nc(NC(=O)c3cc(-c4ccccc4)on3)sc2c1. The van der Waals surface area contributed by atoms with Crippen LogP contribution in [-0.2, 0) is 0 Å². The third-order valence-corrected chi connectivity index (χ3v) is 5.28. The maximum absolute atomic E-state index is 12.4. The zero-order valence-corrected chi connectivity index (χ0v) is 14.9. The first-order valence-electron chi connectivity index (χ1n) is 7.51. The Balaban J connectivity index is 1.55. The zero-order valence-electron chi connectivity index (χ0n) is 13.2. The average molecular weight is 367 g/mol. The summed E-state index contributed by atoms with van der Waals surface area (Å²) < 4.78 is 6.30. The smallest absolute Gasteiger partial charge is 0.279 e. The van der Waals surface area contributed by atoms with Crippen LogP contribution in [0.2, 0.25) is 0 Å². The first kappa shape index (κ1) is 15.9. The molecule has 0 aliphatic heterocycles. The Labute approximate surface area is 152 Å². The van der Waals surface area contributed by atoms with Crippen LogP contribution in [0.5, 0.6) is 0 Å². The Morgan fingerprint density at radius 2 is 2.00 bits per heavy atom. The molecule has 0 bridgehead atoms. The summed E-state index contributed by atoms with van der Waals surface area (Å²) in [6, 6.07) is 17.2. The van der Waals surface area contributed by atoms with Gasteiger partial charge in [-0.3, -0.25) is 10.1 Å². The summed E-state index contributed by atoms with van der Waals surface area (Å²) >= 11 is 3.11. The van der Waals surface area contributed by atoms with E-state index >= 15 is 0 Å². The highest BCUT2D eigenvalue weighted by Gasteiger charge is 2.15. The lowest BCUT2D eigenvalue weighted by Crippen LogP contribution is -2.11. The molecule has 2 heterocycles. The summed E-state index contributed by atoms with van der Waals surface area (Å²) in [5.41, 5.74) is 1.96. The normalized spacial score (nSPS) is 10.9. The van der Waals surface area contributed by atoms with Gasteiger partial charge in [-0.25, -0.2) is 4.98 Å². The number of carbonyl (C=O) groups excluding carboxylic acids is 1. The zero-order chi connectivity index (χ0) is 17.2. The lowest BCUT2D eigenvalue weighted by molar-refractivity contribution is 0.101. The number of hydrogen-bond acceptors (Lipinski definition) is 6. The fourth-order valence-corrected chi connectivity index (χ4v) is 3.78. The van der Waals surface area contributed by atoms with Crippen molar-refractivity contribution >= 4 is 44.4 Å². The van der Waals surface area contributed by atoms with Crippen LogP contribution < -0.4 is 5.32 Å². The van der Waals surface area contributed by atoms with Gasteiger partial charge in [0.15, 0.2) is 16.6 Å². The second kappa shape index (κ2) is 6.70. The van der Waals surface area contributed by atoms with Crippen LogP contribution in [0.4, 0.5) is 5.13 Å². The molecule has 4 rings (SSSR count). The number of anilines is 1. The number of thioether (sulfide) groups is 1. The molecule has 0 aliphatic carbocycles. The Kier molecular flexibility index (Phi) is 4.25. The quantitative estimate of drug-likeness (QED) is 0.518. The van der Waals surface area contributed by atoms with Crippen LogP contribution in [0.3, 0.4) is 0 Å².